The second kappa shape index (κ2) is 13.5. The Morgan fingerprint density at radius 1 is 0.872 bits per heavy atom. The van der Waals surface area contributed by atoms with Crippen molar-refractivity contribution < 1.29 is 18.0 Å². The van der Waals surface area contributed by atoms with Crippen molar-refractivity contribution in [2.45, 2.75) is 44.2 Å². The fourth-order valence-electron chi connectivity index (χ4n) is 4.88. The smallest absolute Gasteiger partial charge is 0.223 e. The van der Waals surface area contributed by atoms with Gasteiger partial charge in [0.25, 0.3) is 0 Å². The standard InChI is InChI=1S/C30H36N4O4S/c1-25(35)34-19-10-18-32(24-27-12-7-8-17-31-27)20-21-33(23-26-11-5-6-15-29(26)34)30(36)16-9-22-39(37,38)28-13-3-2-4-14-28/h2-8,11-15,17H,9-10,16,18-24H2,1H3. The van der Waals surface area contributed by atoms with Crippen LogP contribution in [0.1, 0.15) is 37.4 Å². The molecule has 4 rings (SSSR count). The van der Waals surface area contributed by atoms with E-state index in [2.05, 4.69) is 9.88 Å². The molecule has 0 aliphatic carbocycles. The van der Waals surface area contributed by atoms with E-state index in [0.29, 0.717) is 32.7 Å². The van der Waals surface area contributed by atoms with Gasteiger partial charge in [-0.2, -0.15) is 0 Å². The van der Waals surface area contributed by atoms with Crippen molar-refractivity contribution in [3.63, 3.8) is 0 Å². The summed E-state index contributed by atoms with van der Waals surface area (Å²) in [7, 11) is -3.45. The number of aromatic nitrogens is 1. The van der Waals surface area contributed by atoms with E-state index in [4.69, 9.17) is 0 Å². The number of anilines is 1. The van der Waals surface area contributed by atoms with E-state index in [1.807, 2.05) is 42.5 Å². The maximum absolute atomic E-state index is 13.5. The predicted molar refractivity (Wildman–Crippen MR) is 152 cm³/mol. The molecule has 0 fully saturated rings. The molecule has 2 aromatic carbocycles. The van der Waals surface area contributed by atoms with Crippen molar-refractivity contribution in [3.8, 4) is 0 Å². The molecule has 206 valence electrons. The first kappa shape index (κ1) is 28.4. The van der Waals surface area contributed by atoms with Gasteiger partial charge in [-0.15, -0.1) is 0 Å². The number of amides is 2. The Labute approximate surface area is 231 Å². The van der Waals surface area contributed by atoms with Crippen LogP contribution < -0.4 is 4.90 Å². The highest BCUT2D eigenvalue weighted by Crippen LogP contribution is 2.24. The molecule has 2 amide bonds. The third kappa shape index (κ3) is 7.97. The van der Waals surface area contributed by atoms with Gasteiger partial charge in [0, 0.05) is 64.5 Å². The molecule has 0 saturated carbocycles. The first-order valence-electron chi connectivity index (χ1n) is 13.4. The first-order valence-corrected chi connectivity index (χ1v) is 15.0. The molecule has 0 unspecified atom stereocenters. The molecule has 39 heavy (non-hydrogen) atoms. The number of pyridine rings is 1. The number of sulfone groups is 1. The summed E-state index contributed by atoms with van der Waals surface area (Å²) in [5.74, 6) is -0.224. The lowest BCUT2D eigenvalue weighted by Crippen LogP contribution is -2.38. The van der Waals surface area contributed by atoms with Gasteiger partial charge in [-0.1, -0.05) is 42.5 Å². The van der Waals surface area contributed by atoms with Gasteiger partial charge in [-0.25, -0.2) is 8.42 Å². The molecule has 0 saturated heterocycles. The third-order valence-corrected chi connectivity index (χ3v) is 8.75. The normalized spacial score (nSPS) is 15.3. The lowest BCUT2D eigenvalue weighted by molar-refractivity contribution is -0.132. The molecular weight excluding hydrogens is 512 g/mol. The summed E-state index contributed by atoms with van der Waals surface area (Å²) in [4.78, 5) is 36.7. The lowest BCUT2D eigenvalue weighted by atomic mass is 10.1. The summed E-state index contributed by atoms with van der Waals surface area (Å²) in [6.45, 7) is 5.03. The number of nitrogens with zero attached hydrogens (tertiary/aromatic N) is 4. The van der Waals surface area contributed by atoms with E-state index in [9.17, 15) is 18.0 Å². The zero-order valence-electron chi connectivity index (χ0n) is 22.4. The number of rotatable bonds is 7. The van der Waals surface area contributed by atoms with Gasteiger partial charge in [0.15, 0.2) is 9.84 Å². The minimum absolute atomic E-state index is 0.0398. The summed E-state index contributed by atoms with van der Waals surface area (Å²) in [5.41, 5.74) is 2.66. The molecule has 3 aromatic rings. The summed E-state index contributed by atoms with van der Waals surface area (Å²) < 4.78 is 25.4. The molecule has 0 spiro atoms. The number of carbonyl (C=O) groups is 2. The largest absolute Gasteiger partial charge is 0.337 e. The van der Waals surface area contributed by atoms with Gasteiger partial charge < -0.3 is 9.80 Å². The number of fused-ring (bicyclic) bond motifs is 1. The average Bonchev–Trinajstić information content (AvgIpc) is 2.97. The van der Waals surface area contributed by atoms with Crippen LogP contribution in [0.4, 0.5) is 5.69 Å². The number of hydrogen-bond acceptors (Lipinski definition) is 6. The summed E-state index contributed by atoms with van der Waals surface area (Å²) in [5, 5.41) is 0. The van der Waals surface area contributed by atoms with Crippen LogP contribution in [0.15, 0.2) is 83.9 Å². The Morgan fingerprint density at radius 2 is 1.62 bits per heavy atom. The SMILES string of the molecule is CC(=O)N1CCCN(Cc2ccccn2)CCN(C(=O)CCCS(=O)(=O)c2ccccc2)Cc2ccccc21. The molecule has 1 aliphatic rings. The molecule has 0 bridgehead atoms. The predicted octanol–water partition coefficient (Wildman–Crippen LogP) is 3.92. The van der Waals surface area contributed by atoms with Crippen LogP contribution in [0.3, 0.4) is 0 Å². The molecule has 1 aromatic heterocycles. The average molecular weight is 549 g/mol. The van der Waals surface area contributed by atoms with Crippen LogP contribution in [-0.4, -0.2) is 66.9 Å². The van der Waals surface area contributed by atoms with Crippen LogP contribution in [0.25, 0.3) is 0 Å². The van der Waals surface area contributed by atoms with Crippen LogP contribution in [0, 0.1) is 0 Å². The molecule has 2 heterocycles. The summed E-state index contributed by atoms with van der Waals surface area (Å²) >= 11 is 0. The number of para-hydroxylation sites is 1. The maximum Gasteiger partial charge on any atom is 0.223 e. The second-order valence-electron chi connectivity index (χ2n) is 9.80. The van der Waals surface area contributed by atoms with E-state index < -0.39 is 9.84 Å². The van der Waals surface area contributed by atoms with Gasteiger partial charge >= 0.3 is 0 Å². The van der Waals surface area contributed by atoms with Gasteiger partial charge in [0.1, 0.15) is 0 Å². The molecule has 0 N–H and O–H groups in total. The highest BCUT2D eigenvalue weighted by molar-refractivity contribution is 7.91. The van der Waals surface area contributed by atoms with Crippen LogP contribution >= 0.6 is 0 Å². The maximum atomic E-state index is 13.5. The van der Waals surface area contributed by atoms with Gasteiger partial charge in [-0.3, -0.25) is 19.5 Å². The third-order valence-electron chi connectivity index (χ3n) is 6.94. The van der Waals surface area contributed by atoms with Crippen molar-refractivity contribution in [3.05, 3.63) is 90.3 Å². The monoisotopic (exact) mass is 548 g/mol. The Morgan fingerprint density at radius 3 is 2.36 bits per heavy atom. The zero-order valence-corrected chi connectivity index (χ0v) is 23.2. The van der Waals surface area contributed by atoms with Gasteiger partial charge in [-0.05, 0) is 48.7 Å². The van der Waals surface area contributed by atoms with Crippen molar-refractivity contribution in [2.24, 2.45) is 0 Å². The van der Waals surface area contributed by atoms with Crippen molar-refractivity contribution in [2.75, 3.05) is 36.8 Å². The van der Waals surface area contributed by atoms with Crippen molar-refractivity contribution in [1.29, 1.82) is 0 Å². The second-order valence-corrected chi connectivity index (χ2v) is 11.9. The van der Waals surface area contributed by atoms with E-state index >= 15 is 0 Å². The van der Waals surface area contributed by atoms with E-state index in [1.165, 1.54) is 0 Å². The molecular formula is C30H36N4O4S. The van der Waals surface area contributed by atoms with Crippen molar-refractivity contribution in [1.82, 2.24) is 14.8 Å². The Hall–Kier alpha value is -3.56. The van der Waals surface area contributed by atoms with Crippen LogP contribution in [0.5, 0.6) is 0 Å². The Bertz CT molecular complexity index is 1350. The molecule has 9 heteroatoms. The summed E-state index contributed by atoms with van der Waals surface area (Å²) in [6.07, 6.45) is 2.93. The number of carbonyl (C=O) groups excluding carboxylic acids is 2. The van der Waals surface area contributed by atoms with E-state index in [1.54, 1.807) is 53.3 Å². The molecule has 8 nitrogen and oxygen atoms in total. The number of benzene rings is 2. The topological polar surface area (TPSA) is 90.9 Å². The zero-order chi connectivity index (χ0) is 27.7. The number of hydrogen-bond donors (Lipinski definition) is 0. The fraction of sp³-hybridized carbons (Fsp3) is 0.367. The van der Waals surface area contributed by atoms with Gasteiger partial charge in [0.05, 0.1) is 16.3 Å². The molecule has 0 atom stereocenters. The highest BCUT2D eigenvalue weighted by Gasteiger charge is 2.23. The Balaban J connectivity index is 1.52. The molecule has 1 aliphatic heterocycles. The van der Waals surface area contributed by atoms with Gasteiger partial charge in [0.2, 0.25) is 11.8 Å². The van der Waals surface area contributed by atoms with Crippen LogP contribution in [0.2, 0.25) is 0 Å². The summed E-state index contributed by atoms with van der Waals surface area (Å²) in [6, 6.07) is 21.9. The first-order chi connectivity index (χ1) is 18.8. The molecule has 0 radical (unpaired) electrons. The Kier molecular flexibility index (Phi) is 9.84. The van der Waals surface area contributed by atoms with Crippen molar-refractivity contribution >= 4 is 27.3 Å². The fourth-order valence-corrected chi connectivity index (χ4v) is 6.21. The van der Waals surface area contributed by atoms with E-state index in [0.717, 1.165) is 29.9 Å². The minimum Gasteiger partial charge on any atom is -0.337 e. The van der Waals surface area contributed by atoms with E-state index in [-0.39, 0.29) is 35.3 Å². The quantitative estimate of drug-likeness (QED) is 0.445. The van der Waals surface area contributed by atoms with Crippen LogP contribution in [-0.2, 0) is 32.5 Å². The lowest BCUT2D eigenvalue weighted by Gasteiger charge is -2.28. The highest BCUT2D eigenvalue weighted by atomic mass is 32.2. The minimum atomic E-state index is -3.45.